The minimum absolute atomic E-state index is 0. The van der Waals surface area contributed by atoms with Crippen molar-refractivity contribution in [1.82, 2.24) is 5.32 Å². The van der Waals surface area contributed by atoms with E-state index in [1.54, 1.807) is 0 Å². The summed E-state index contributed by atoms with van der Waals surface area (Å²) >= 11 is 0. The van der Waals surface area contributed by atoms with Crippen LogP contribution in [-0.2, 0) is 12.8 Å². The summed E-state index contributed by atoms with van der Waals surface area (Å²) in [5.41, 5.74) is 3.01. The van der Waals surface area contributed by atoms with Crippen LogP contribution >= 0.6 is 12.4 Å². The predicted octanol–water partition coefficient (Wildman–Crippen LogP) is 1.95. The number of rotatable bonds is 2. The van der Waals surface area contributed by atoms with Crippen molar-refractivity contribution < 1.29 is 4.74 Å². The molecule has 2 nitrogen and oxygen atoms in total. The highest BCUT2D eigenvalue weighted by Gasteiger charge is 2.19. The molecule has 1 saturated heterocycles. The second-order valence-electron chi connectivity index (χ2n) is 4.18. The van der Waals surface area contributed by atoms with Crippen LogP contribution in [0.4, 0.5) is 0 Å². The second kappa shape index (κ2) is 4.42. The molecule has 0 radical (unpaired) electrons. The maximum atomic E-state index is 5.81. The van der Waals surface area contributed by atoms with Crippen LogP contribution in [0.25, 0.3) is 0 Å². The summed E-state index contributed by atoms with van der Waals surface area (Å²) < 4.78 is 5.81. The summed E-state index contributed by atoms with van der Waals surface area (Å²) in [5, 5.41) is 3.21. The van der Waals surface area contributed by atoms with Crippen LogP contribution in [0.2, 0.25) is 0 Å². The minimum atomic E-state index is 0. The van der Waals surface area contributed by atoms with E-state index in [2.05, 4.69) is 23.5 Å². The summed E-state index contributed by atoms with van der Waals surface area (Å²) in [6, 6.07) is 6.56. The van der Waals surface area contributed by atoms with Crippen molar-refractivity contribution in [1.29, 1.82) is 0 Å². The van der Waals surface area contributed by atoms with Crippen molar-refractivity contribution in [3.63, 3.8) is 0 Å². The van der Waals surface area contributed by atoms with Gasteiger partial charge in [-0.3, -0.25) is 0 Å². The molecule has 82 valence electrons. The third-order valence-corrected chi connectivity index (χ3v) is 3.12. The first-order valence-electron chi connectivity index (χ1n) is 5.41. The van der Waals surface area contributed by atoms with Crippen LogP contribution < -0.4 is 10.1 Å². The Hall–Kier alpha value is -0.730. The molecule has 1 fully saturated rings. The lowest BCUT2D eigenvalue weighted by atomic mass is 10.1. The standard InChI is InChI=1S/C12H15NO.ClH/c1-2-9-4-5-11(6-10(9)3-1)14-12-7-13-8-12;/h4-6,12-13H,1-3,7-8H2;1H. The van der Waals surface area contributed by atoms with Gasteiger partial charge in [0, 0.05) is 13.1 Å². The maximum absolute atomic E-state index is 5.81. The first-order valence-corrected chi connectivity index (χ1v) is 5.41. The van der Waals surface area contributed by atoms with Gasteiger partial charge >= 0.3 is 0 Å². The van der Waals surface area contributed by atoms with Gasteiger partial charge in [-0.25, -0.2) is 0 Å². The van der Waals surface area contributed by atoms with Crippen molar-refractivity contribution in [2.45, 2.75) is 25.4 Å². The number of fused-ring (bicyclic) bond motifs is 1. The Morgan fingerprint density at radius 2 is 1.93 bits per heavy atom. The zero-order valence-corrected chi connectivity index (χ0v) is 9.48. The van der Waals surface area contributed by atoms with Gasteiger partial charge < -0.3 is 10.1 Å². The van der Waals surface area contributed by atoms with Crippen LogP contribution in [0.1, 0.15) is 17.5 Å². The van der Waals surface area contributed by atoms with Gasteiger partial charge in [-0.2, -0.15) is 0 Å². The average molecular weight is 226 g/mol. The number of aryl methyl sites for hydroxylation is 2. The Bertz CT molecular complexity index is 349. The lowest BCUT2D eigenvalue weighted by Gasteiger charge is -2.28. The molecular formula is C12H16ClNO. The molecule has 1 aliphatic carbocycles. The lowest BCUT2D eigenvalue weighted by Crippen LogP contribution is -2.50. The fraction of sp³-hybridized carbons (Fsp3) is 0.500. The van der Waals surface area contributed by atoms with E-state index in [0.717, 1.165) is 18.8 Å². The number of hydrogen-bond acceptors (Lipinski definition) is 2. The van der Waals surface area contributed by atoms with Crippen molar-refractivity contribution in [3.05, 3.63) is 29.3 Å². The van der Waals surface area contributed by atoms with Gasteiger partial charge in [-0.1, -0.05) is 6.07 Å². The van der Waals surface area contributed by atoms with E-state index in [1.165, 1.54) is 30.4 Å². The molecule has 1 aromatic rings. The smallest absolute Gasteiger partial charge is 0.123 e. The molecule has 2 aliphatic rings. The summed E-state index contributed by atoms with van der Waals surface area (Å²) in [4.78, 5) is 0. The zero-order valence-electron chi connectivity index (χ0n) is 8.66. The number of nitrogens with one attached hydrogen (secondary N) is 1. The molecule has 0 saturated carbocycles. The van der Waals surface area contributed by atoms with Crippen molar-refractivity contribution in [3.8, 4) is 5.75 Å². The monoisotopic (exact) mass is 225 g/mol. The first kappa shape index (κ1) is 10.8. The Balaban J connectivity index is 0.000000853. The molecule has 3 rings (SSSR count). The topological polar surface area (TPSA) is 21.3 Å². The highest BCUT2D eigenvalue weighted by molar-refractivity contribution is 5.85. The van der Waals surface area contributed by atoms with E-state index < -0.39 is 0 Å². The Morgan fingerprint density at radius 1 is 1.13 bits per heavy atom. The molecule has 1 aliphatic heterocycles. The molecule has 0 aromatic heterocycles. The average Bonchev–Trinajstić information content (AvgIpc) is 2.58. The molecule has 3 heteroatoms. The van der Waals surface area contributed by atoms with E-state index >= 15 is 0 Å². The van der Waals surface area contributed by atoms with E-state index in [9.17, 15) is 0 Å². The van der Waals surface area contributed by atoms with Gasteiger partial charge in [0.25, 0.3) is 0 Å². The molecule has 0 amide bonds. The van der Waals surface area contributed by atoms with E-state index in [-0.39, 0.29) is 12.4 Å². The number of hydrogen-bond donors (Lipinski definition) is 1. The van der Waals surface area contributed by atoms with Gasteiger partial charge in [0.05, 0.1) is 0 Å². The van der Waals surface area contributed by atoms with Crippen molar-refractivity contribution in [2.75, 3.05) is 13.1 Å². The van der Waals surface area contributed by atoms with Gasteiger partial charge in [-0.05, 0) is 42.5 Å². The molecule has 15 heavy (non-hydrogen) atoms. The molecule has 0 unspecified atom stereocenters. The molecule has 1 aromatic carbocycles. The number of halogens is 1. The highest BCUT2D eigenvalue weighted by atomic mass is 35.5. The molecular weight excluding hydrogens is 210 g/mol. The summed E-state index contributed by atoms with van der Waals surface area (Å²) in [7, 11) is 0. The molecule has 0 spiro atoms. The molecule has 1 N–H and O–H groups in total. The van der Waals surface area contributed by atoms with E-state index in [4.69, 9.17) is 4.74 Å². The Kier molecular flexibility index (Phi) is 3.17. The van der Waals surface area contributed by atoms with Crippen LogP contribution in [-0.4, -0.2) is 19.2 Å². The fourth-order valence-electron chi connectivity index (χ4n) is 2.16. The van der Waals surface area contributed by atoms with Crippen LogP contribution in [0, 0.1) is 0 Å². The zero-order chi connectivity index (χ0) is 9.38. The van der Waals surface area contributed by atoms with Gasteiger partial charge in [0.1, 0.15) is 11.9 Å². The SMILES string of the molecule is Cl.c1cc2c(cc1OC1CNC1)CCC2. The summed E-state index contributed by atoms with van der Waals surface area (Å²) in [6.45, 7) is 1.99. The molecule has 1 heterocycles. The van der Waals surface area contributed by atoms with Crippen molar-refractivity contribution in [2.24, 2.45) is 0 Å². The van der Waals surface area contributed by atoms with Gasteiger partial charge in [0.2, 0.25) is 0 Å². The first-order chi connectivity index (χ1) is 6.92. The van der Waals surface area contributed by atoms with Gasteiger partial charge in [0.15, 0.2) is 0 Å². The third-order valence-electron chi connectivity index (χ3n) is 3.12. The van der Waals surface area contributed by atoms with Crippen LogP contribution in [0.15, 0.2) is 18.2 Å². The Morgan fingerprint density at radius 3 is 2.67 bits per heavy atom. The minimum Gasteiger partial charge on any atom is -0.488 e. The second-order valence-corrected chi connectivity index (χ2v) is 4.18. The van der Waals surface area contributed by atoms with Crippen LogP contribution in [0.3, 0.4) is 0 Å². The molecule has 0 bridgehead atoms. The lowest BCUT2D eigenvalue weighted by molar-refractivity contribution is 0.142. The highest BCUT2D eigenvalue weighted by Crippen LogP contribution is 2.26. The van der Waals surface area contributed by atoms with Crippen molar-refractivity contribution >= 4 is 12.4 Å². The normalized spacial score (nSPS) is 18.9. The Labute approximate surface area is 96.4 Å². The van der Waals surface area contributed by atoms with E-state index in [0.29, 0.717) is 6.10 Å². The quantitative estimate of drug-likeness (QED) is 0.831. The van der Waals surface area contributed by atoms with Gasteiger partial charge in [-0.15, -0.1) is 12.4 Å². The summed E-state index contributed by atoms with van der Waals surface area (Å²) in [6.07, 6.45) is 4.19. The fourth-order valence-corrected chi connectivity index (χ4v) is 2.16. The largest absolute Gasteiger partial charge is 0.488 e. The van der Waals surface area contributed by atoms with E-state index in [1.807, 2.05) is 0 Å². The maximum Gasteiger partial charge on any atom is 0.123 e. The number of benzene rings is 1. The third kappa shape index (κ3) is 2.11. The van der Waals surface area contributed by atoms with Crippen LogP contribution in [0.5, 0.6) is 5.75 Å². The predicted molar refractivity (Wildman–Crippen MR) is 63.0 cm³/mol. The number of ether oxygens (including phenoxy) is 1. The molecule has 0 atom stereocenters. The summed E-state index contributed by atoms with van der Waals surface area (Å²) in [5.74, 6) is 1.05.